The van der Waals surface area contributed by atoms with E-state index in [-0.39, 0.29) is 39.3 Å². The maximum atomic E-state index is 12.8. The molecule has 0 aromatic rings. The second kappa shape index (κ2) is 35.3. The van der Waals surface area contributed by atoms with Crippen LogP contribution in [0.5, 0.6) is 0 Å². The van der Waals surface area contributed by atoms with E-state index in [1.54, 1.807) is 0 Å². The van der Waals surface area contributed by atoms with Crippen LogP contribution < -0.4 is 21.3 Å². The fourth-order valence-electron chi connectivity index (χ4n) is 7.68. The largest absolute Gasteiger partial charge is 0.480 e. The Morgan fingerprint density at radius 2 is 0.734 bits per heavy atom. The third-order valence-corrected chi connectivity index (χ3v) is 12.0. The number of hydrogen-bond acceptors (Lipinski definition) is 30. The quantitative estimate of drug-likeness (QED) is 0.0255. The molecule has 0 aromatic heterocycles. The van der Waals surface area contributed by atoms with E-state index in [9.17, 15) is 131 Å². The van der Waals surface area contributed by atoms with Gasteiger partial charge >= 0.3 is 17.9 Å². The van der Waals surface area contributed by atoms with Crippen molar-refractivity contribution in [3.8, 4) is 0 Å². The lowest BCUT2D eigenvalue weighted by Gasteiger charge is -2.42. The summed E-state index contributed by atoms with van der Waals surface area (Å²) in [7, 11) is 0. The maximum Gasteiger partial charge on any atom is 0.317 e. The Labute approximate surface area is 448 Å². The summed E-state index contributed by atoms with van der Waals surface area (Å²) < 4.78 is 20.8. The highest BCUT2D eigenvalue weighted by atomic mass is 16.7. The molecule has 18 atom stereocenters. The molecule has 2 fully saturated rings. The van der Waals surface area contributed by atoms with E-state index < -0.39 is 224 Å². The Hall–Kier alpha value is -4.63. The Morgan fingerprint density at radius 1 is 0.430 bits per heavy atom. The summed E-state index contributed by atoms with van der Waals surface area (Å²) in [6, 6.07) is 0. The number of aliphatic hydroxyl groups is 16. The highest BCUT2D eigenvalue weighted by molar-refractivity contribution is 5.82. The molecule has 2 heterocycles. The molecule has 0 spiro atoms. The molecule has 0 aliphatic carbocycles. The van der Waals surface area contributed by atoms with E-state index in [2.05, 4.69) is 21.3 Å². The predicted molar refractivity (Wildman–Crippen MR) is 252 cm³/mol. The molecule has 0 radical (unpaired) electrons. The first kappa shape index (κ1) is 70.5. The number of aliphatic hydroxyl groups excluding tert-OH is 16. The van der Waals surface area contributed by atoms with Crippen molar-refractivity contribution >= 4 is 41.5 Å². The molecule has 0 aromatic carbocycles. The number of rotatable bonds is 38. The second-order valence-corrected chi connectivity index (χ2v) is 18.1. The number of carboxylic acids is 3. The zero-order valence-electron chi connectivity index (χ0n) is 42.2. The molecule has 79 heavy (non-hydrogen) atoms. The average molecular weight is 1160 g/mol. The van der Waals surface area contributed by atoms with Crippen LogP contribution in [0.4, 0.5) is 0 Å². The van der Waals surface area contributed by atoms with Crippen LogP contribution >= 0.6 is 0 Å². The lowest BCUT2D eigenvalue weighted by atomic mass is 9.98. The number of carbonyl (C=O) groups excluding carboxylic acids is 4. The van der Waals surface area contributed by atoms with Gasteiger partial charge in [0.25, 0.3) is 11.8 Å². The van der Waals surface area contributed by atoms with Crippen LogP contribution in [0.1, 0.15) is 0 Å². The zero-order valence-corrected chi connectivity index (χ0v) is 42.2. The van der Waals surface area contributed by atoms with Crippen LogP contribution in [0.2, 0.25) is 0 Å². The van der Waals surface area contributed by atoms with E-state index in [1.165, 1.54) is 4.90 Å². The Bertz CT molecular complexity index is 1780. The molecule has 2 aliphatic rings. The van der Waals surface area contributed by atoms with Gasteiger partial charge in [0, 0.05) is 52.4 Å². The molecular weight excluding hydrogens is 1080 g/mol. The fourth-order valence-corrected chi connectivity index (χ4v) is 7.68. The zero-order chi connectivity index (χ0) is 59.8. The Morgan fingerprint density at radius 3 is 1.04 bits per heavy atom. The molecule has 2 aliphatic heterocycles. The number of aliphatic carboxylic acids is 3. The van der Waals surface area contributed by atoms with Crippen molar-refractivity contribution in [1.82, 2.24) is 36.0 Å². The van der Waals surface area contributed by atoms with E-state index in [4.69, 9.17) is 18.9 Å². The molecule has 0 saturated carbocycles. The number of hydrogen-bond donors (Lipinski definition) is 23. The maximum absolute atomic E-state index is 12.8. The molecule has 2 saturated heterocycles. The van der Waals surface area contributed by atoms with Crippen molar-refractivity contribution in [1.29, 1.82) is 0 Å². The molecule has 458 valence electrons. The SMILES string of the molecule is O=C(O)CN(CCN(CC(=O)O)CC(=O)NCCNC(=O)[C@H](O)[C@@H](O)[C@H](O[C@@H]1O[C@H](CO)[C@@H](O)[C@H](O)[C@H]1O)[C@H](O)CO)CCN(CC(=O)O)CC(=O)NCCNC(=O)[C@H](O)[C@@H](O)[C@H](O[C@@H]1O[C@H](CO)[C@@H](O)[C@H](O)[C@H]1O)[C@H](O)CO. The molecule has 4 amide bonds. The number of carbonyl (C=O) groups is 7. The van der Waals surface area contributed by atoms with Crippen LogP contribution in [0.15, 0.2) is 0 Å². The van der Waals surface area contributed by atoms with Crippen molar-refractivity contribution < 1.29 is 150 Å². The van der Waals surface area contributed by atoms with Gasteiger partial charge in [-0.05, 0) is 0 Å². The van der Waals surface area contributed by atoms with Gasteiger partial charge < -0.3 is 137 Å². The van der Waals surface area contributed by atoms with Gasteiger partial charge in [-0.15, -0.1) is 0 Å². The van der Waals surface area contributed by atoms with Crippen molar-refractivity contribution in [2.75, 3.05) is 112 Å². The van der Waals surface area contributed by atoms with Gasteiger partial charge in [-0.2, -0.15) is 0 Å². The monoisotopic (exact) mass is 1160 g/mol. The molecule has 37 heteroatoms. The minimum absolute atomic E-state index is 0.234. The topological polar surface area (TPSA) is 599 Å². The molecule has 0 unspecified atom stereocenters. The van der Waals surface area contributed by atoms with Crippen molar-refractivity contribution in [2.45, 2.75) is 110 Å². The second-order valence-electron chi connectivity index (χ2n) is 18.1. The normalized spacial score (nSPS) is 26.5. The van der Waals surface area contributed by atoms with Gasteiger partial charge in [-0.1, -0.05) is 0 Å². The molecule has 0 bridgehead atoms. The highest BCUT2D eigenvalue weighted by Crippen LogP contribution is 2.27. The number of amides is 4. The lowest BCUT2D eigenvalue weighted by molar-refractivity contribution is -0.326. The molecule has 23 N–H and O–H groups in total. The first-order chi connectivity index (χ1) is 37.1. The third kappa shape index (κ3) is 23.0. The van der Waals surface area contributed by atoms with Crippen LogP contribution in [-0.2, 0) is 52.5 Å². The van der Waals surface area contributed by atoms with Crippen LogP contribution in [0, 0.1) is 0 Å². The summed E-state index contributed by atoms with van der Waals surface area (Å²) in [5.74, 6) is -8.46. The van der Waals surface area contributed by atoms with Crippen LogP contribution in [0.25, 0.3) is 0 Å². The smallest absolute Gasteiger partial charge is 0.317 e. The summed E-state index contributed by atoms with van der Waals surface area (Å²) >= 11 is 0. The number of ether oxygens (including phenoxy) is 4. The van der Waals surface area contributed by atoms with E-state index >= 15 is 0 Å². The van der Waals surface area contributed by atoms with E-state index in [1.807, 2.05) is 0 Å². The molecule has 37 nitrogen and oxygen atoms in total. The van der Waals surface area contributed by atoms with Gasteiger partial charge in [0.2, 0.25) is 11.8 Å². The number of nitrogens with one attached hydrogen (secondary N) is 4. The predicted octanol–water partition coefficient (Wildman–Crippen LogP) is -15.9. The van der Waals surface area contributed by atoms with Gasteiger partial charge in [0.1, 0.15) is 85.5 Å². The van der Waals surface area contributed by atoms with Crippen LogP contribution in [0.3, 0.4) is 0 Å². The third-order valence-electron chi connectivity index (χ3n) is 12.0. The summed E-state index contributed by atoms with van der Waals surface area (Å²) in [6.45, 7) is -10.1. The van der Waals surface area contributed by atoms with Gasteiger partial charge in [-0.3, -0.25) is 48.3 Å². The molecular formula is C42H75N7O30. The minimum Gasteiger partial charge on any atom is -0.480 e. The summed E-state index contributed by atoms with van der Waals surface area (Å²) in [4.78, 5) is 89.5. The standard InChI is InChI=1S/C42H75N7O30/c50-14-18(54)37(78-41-35(72)29(66)27(64)20(16-52)76-41)31(68)33(70)39(74)45-3-1-43-22(56)9-48(12-25(60)61)7-5-47(11-24(58)59)6-8-49(13-26(62)63)10-23(57)44-2-4-46-40(75)34(71)32(69)38(19(55)15-51)79-42-36(73)30(67)28(65)21(17-53)77-42/h18-21,27-38,41-42,50-55,64-73H,1-17H2,(H,43,56)(H,44,57)(H,45,74)(H,46,75)(H,58,59)(H,60,61)(H,62,63)/t18-,19-,20-,21-,27-,28-,29+,30+,31-,32-,33-,34-,35-,36-,37-,38-,41+,42+/m1/s1. The van der Waals surface area contributed by atoms with Crippen molar-refractivity contribution in [3.63, 3.8) is 0 Å². The first-order valence-electron chi connectivity index (χ1n) is 24.3. The average Bonchev–Trinajstić information content (AvgIpc) is 3.40. The Balaban J connectivity index is 1.93. The van der Waals surface area contributed by atoms with Gasteiger partial charge in [0.05, 0.1) is 59.2 Å². The minimum atomic E-state index is -2.42. The summed E-state index contributed by atoms with van der Waals surface area (Å²) in [6.07, 6.45) is -36.3. The van der Waals surface area contributed by atoms with Crippen molar-refractivity contribution in [2.24, 2.45) is 0 Å². The Kier molecular flexibility index (Phi) is 31.5. The highest BCUT2D eigenvalue weighted by Gasteiger charge is 2.49. The fraction of sp³-hybridized carbons (Fsp3) is 0.833. The van der Waals surface area contributed by atoms with E-state index in [0.717, 1.165) is 9.80 Å². The van der Waals surface area contributed by atoms with E-state index in [0.29, 0.717) is 0 Å². The summed E-state index contributed by atoms with van der Waals surface area (Å²) in [5, 5.41) is 199. The van der Waals surface area contributed by atoms with Gasteiger partial charge in [-0.25, -0.2) is 0 Å². The first-order valence-corrected chi connectivity index (χ1v) is 24.3. The van der Waals surface area contributed by atoms with Crippen LogP contribution in [-0.4, -0.2) is 375 Å². The summed E-state index contributed by atoms with van der Waals surface area (Å²) in [5.41, 5.74) is 0. The van der Waals surface area contributed by atoms with Crippen molar-refractivity contribution in [3.05, 3.63) is 0 Å². The number of carboxylic acid groups (broad SMARTS) is 3. The number of nitrogens with zero attached hydrogens (tertiary/aromatic N) is 3. The molecule has 2 rings (SSSR count). The van der Waals surface area contributed by atoms with Gasteiger partial charge in [0.15, 0.2) is 24.8 Å². The lowest BCUT2D eigenvalue weighted by Crippen LogP contribution is -2.62.